The molecule has 3 heteroatoms. The summed E-state index contributed by atoms with van der Waals surface area (Å²) in [6.07, 6.45) is 5.44. The first-order valence-corrected chi connectivity index (χ1v) is 7.53. The molecule has 2 fully saturated rings. The first kappa shape index (κ1) is 13.3. The molecule has 1 saturated carbocycles. The molecule has 0 spiro atoms. The second kappa shape index (κ2) is 6.72. The van der Waals surface area contributed by atoms with Crippen LogP contribution in [-0.2, 0) is 0 Å². The minimum Gasteiger partial charge on any atom is -0.314 e. The third-order valence-electron chi connectivity index (χ3n) is 4.46. The van der Waals surface area contributed by atoms with Crippen LogP contribution < -0.4 is 5.32 Å². The fourth-order valence-corrected chi connectivity index (χ4v) is 3.27. The number of rotatable bonds is 5. The molecule has 100 valence electrons. The van der Waals surface area contributed by atoms with Gasteiger partial charge in [-0.2, -0.15) is 0 Å². The van der Waals surface area contributed by atoms with Crippen LogP contribution in [-0.4, -0.2) is 61.2 Å². The monoisotopic (exact) mass is 239 g/mol. The SMILES string of the molecule is CCCNC1CCC(N2CCN(CC)CC2)C1. The van der Waals surface area contributed by atoms with Crippen LogP contribution in [0.2, 0.25) is 0 Å². The van der Waals surface area contributed by atoms with Crippen LogP contribution in [0.5, 0.6) is 0 Å². The molecule has 3 nitrogen and oxygen atoms in total. The predicted octanol–water partition coefficient (Wildman–Crippen LogP) is 1.54. The average Bonchev–Trinajstić information content (AvgIpc) is 2.85. The van der Waals surface area contributed by atoms with Gasteiger partial charge < -0.3 is 10.2 Å². The van der Waals surface area contributed by atoms with Gasteiger partial charge in [0.15, 0.2) is 0 Å². The van der Waals surface area contributed by atoms with E-state index in [4.69, 9.17) is 0 Å². The van der Waals surface area contributed by atoms with E-state index in [0.29, 0.717) is 0 Å². The summed E-state index contributed by atoms with van der Waals surface area (Å²) in [4.78, 5) is 5.30. The highest BCUT2D eigenvalue weighted by Crippen LogP contribution is 2.25. The Bertz CT molecular complexity index is 212. The zero-order valence-electron chi connectivity index (χ0n) is 11.6. The summed E-state index contributed by atoms with van der Waals surface area (Å²) in [5, 5.41) is 3.68. The van der Waals surface area contributed by atoms with Crippen molar-refractivity contribution < 1.29 is 0 Å². The lowest BCUT2D eigenvalue weighted by Gasteiger charge is -2.37. The van der Waals surface area contributed by atoms with Crippen molar-refractivity contribution in [3.63, 3.8) is 0 Å². The van der Waals surface area contributed by atoms with Gasteiger partial charge in [0.25, 0.3) is 0 Å². The molecule has 1 aliphatic heterocycles. The molecule has 0 aromatic heterocycles. The van der Waals surface area contributed by atoms with Gasteiger partial charge in [-0.3, -0.25) is 4.90 Å². The Morgan fingerprint density at radius 2 is 1.82 bits per heavy atom. The van der Waals surface area contributed by atoms with E-state index >= 15 is 0 Å². The molecule has 2 aliphatic rings. The van der Waals surface area contributed by atoms with E-state index in [1.165, 1.54) is 65.0 Å². The van der Waals surface area contributed by atoms with Crippen molar-refractivity contribution in [2.45, 2.75) is 51.6 Å². The number of nitrogens with one attached hydrogen (secondary N) is 1. The Hall–Kier alpha value is -0.120. The van der Waals surface area contributed by atoms with E-state index in [-0.39, 0.29) is 0 Å². The van der Waals surface area contributed by atoms with Gasteiger partial charge in [0, 0.05) is 38.3 Å². The van der Waals surface area contributed by atoms with Gasteiger partial charge in [-0.25, -0.2) is 0 Å². The molecule has 17 heavy (non-hydrogen) atoms. The summed E-state index contributed by atoms with van der Waals surface area (Å²) < 4.78 is 0. The Labute approximate surface area is 107 Å². The molecule has 2 rings (SSSR count). The van der Waals surface area contributed by atoms with Gasteiger partial charge in [-0.05, 0) is 38.8 Å². The molecule has 2 unspecified atom stereocenters. The van der Waals surface area contributed by atoms with Crippen LogP contribution in [0, 0.1) is 0 Å². The van der Waals surface area contributed by atoms with Crippen molar-refractivity contribution in [3.05, 3.63) is 0 Å². The lowest BCUT2D eigenvalue weighted by atomic mass is 10.1. The molecule has 1 heterocycles. The number of hydrogen-bond acceptors (Lipinski definition) is 3. The minimum absolute atomic E-state index is 0.796. The van der Waals surface area contributed by atoms with E-state index < -0.39 is 0 Å². The fourth-order valence-electron chi connectivity index (χ4n) is 3.27. The quantitative estimate of drug-likeness (QED) is 0.785. The number of hydrogen-bond donors (Lipinski definition) is 1. The lowest BCUT2D eigenvalue weighted by molar-refractivity contribution is 0.100. The normalized spacial score (nSPS) is 32.1. The Kier molecular flexibility index (Phi) is 5.26. The molecular weight excluding hydrogens is 210 g/mol. The van der Waals surface area contributed by atoms with Gasteiger partial charge in [-0.15, -0.1) is 0 Å². The molecule has 0 aromatic rings. The third-order valence-corrected chi connectivity index (χ3v) is 4.46. The van der Waals surface area contributed by atoms with E-state index in [1.807, 2.05) is 0 Å². The van der Waals surface area contributed by atoms with Crippen LogP contribution in [0.3, 0.4) is 0 Å². The van der Waals surface area contributed by atoms with Crippen molar-refractivity contribution in [1.82, 2.24) is 15.1 Å². The summed E-state index contributed by atoms with van der Waals surface area (Å²) in [7, 11) is 0. The van der Waals surface area contributed by atoms with Crippen LogP contribution in [0.15, 0.2) is 0 Å². The van der Waals surface area contributed by atoms with Gasteiger partial charge in [0.2, 0.25) is 0 Å². The summed E-state index contributed by atoms with van der Waals surface area (Å²) in [6, 6.07) is 1.66. The van der Waals surface area contributed by atoms with Crippen LogP contribution in [0.25, 0.3) is 0 Å². The molecular formula is C14H29N3. The predicted molar refractivity (Wildman–Crippen MR) is 73.4 cm³/mol. The van der Waals surface area contributed by atoms with Gasteiger partial charge in [0.1, 0.15) is 0 Å². The zero-order valence-corrected chi connectivity index (χ0v) is 11.6. The summed E-state index contributed by atoms with van der Waals surface area (Å²) >= 11 is 0. The van der Waals surface area contributed by atoms with E-state index in [2.05, 4.69) is 29.0 Å². The maximum Gasteiger partial charge on any atom is 0.0113 e. The molecule has 0 aromatic carbocycles. The topological polar surface area (TPSA) is 18.5 Å². The number of likely N-dealkylation sites (N-methyl/N-ethyl adjacent to an activating group) is 1. The number of piperazine rings is 1. The molecule has 2 atom stereocenters. The van der Waals surface area contributed by atoms with Crippen LogP contribution >= 0.6 is 0 Å². The largest absolute Gasteiger partial charge is 0.314 e. The van der Waals surface area contributed by atoms with Crippen LogP contribution in [0.4, 0.5) is 0 Å². The third kappa shape index (κ3) is 3.67. The molecule has 1 N–H and O–H groups in total. The van der Waals surface area contributed by atoms with E-state index in [1.54, 1.807) is 0 Å². The highest BCUT2D eigenvalue weighted by Gasteiger charge is 2.30. The van der Waals surface area contributed by atoms with Crippen molar-refractivity contribution in [2.75, 3.05) is 39.3 Å². The average molecular weight is 239 g/mol. The first-order valence-electron chi connectivity index (χ1n) is 7.53. The fraction of sp³-hybridized carbons (Fsp3) is 1.00. The minimum atomic E-state index is 0.796. The first-order chi connectivity index (χ1) is 8.33. The Balaban J connectivity index is 1.70. The number of nitrogens with zero attached hydrogens (tertiary/aromatic N) is 2. The van der Waals surface area contributed by atoms with Crippen molar-refractivity contribution in [2.24, 2.45) is 0 Å². The molecule has 1 saturated heterocycles. The molecule has 1 aliphatic carbocycles. The van der Waals surface area contributed by atoms with Gasteiger partial charge >= 0.3 is 0 Å². The lowest BCUT2D eigenvalue weighted by Crippen LogP contribution is -2.49. The Morgan fingerprint density at radius 1 is 1.06 bits per heavy atom. The molecule has 0 radical (unpaired) electrons. The van der Waals surface area contributed by atoms with Gasteiger partial charge in [-0.1, -0.05) is 13.8 Å². The van der Waals surface area contributed by atoms with Gasteiger partial charge in [0.05, 0.1) is 0 Å². The summed E-state index contributed by atoms with van der Waals surface area (Å²) in [6.45, 7) is 12.1. The van der Waals surface area contributed by atoms with E-state index in [0.717, 1.165) is 12.1 Å². The van der Waals surface area contributed by atoms with E-state index in [9.17, 15) is 0 Å². The summed E-state index contributed by atoms with van der Waals surface area (Å²) in [5.41, 5.74) is 0. The highest BCUT2D eigenvalue weighted by molar-refractivity contribution is 4.88. The van der Waals surface area contributed by atoms with Crippen molar-refractivity contribution in [1.29, 1.82) is 0 Å². The maximum absolute atomic E-state index is 3.68. The van der Waals surface area contributed by atoms with Crippen LogP contribution in [0.1, 0.15) is 39.5 Å². The second-order valence-corrected chi connectivity index (χ2v) is 5.59. The maximum atomic E-state index is 3.68. The summed E-state index contributed by atoms with van der Waals surface area (Å²) in [5.74, 6) is 0. The molecule has 0 amide bonds. The Morgan fingerprint density at radius 3 is 2.47 bits per heavy atom. The standard InChI is InChI=1S/C14H29N3/c1-3-7-15-13-5-6-14(12-13)17-10-8-16(4-2)9-11-17/h13-15H,3-12H2,1-2H3. The smallest absolute Gasteiger partial charge is 0.0113 e. The second-order valence-electron chi connectivity index (χ2n) is 5.59. The molecule has 0 bridgehead atoms. The highest BCUT2D eigenvalue weighted by atomic mass is 15.3. The zero-order chi connectivity index (χ0) is 12.1. The van der Waals surface area contributed by atoms with Crippen molar-refractivity contribution >= 4 is 0 Å². The van der Waals surface area contributed by atoms with Crippen molar-refractivity contribution in [3.8, 4) is 0 Å².